The minimum atomic E-state index is -0.493. The molecule has 2 N–H and O–H groups in total. The van der Waals surface area contributed by atoms with Gasteiger partial charge in [-0.3, -0.25) is 4.79 Å². The Bertz CT molecular complexity index is 1190. The molecule has 0 radical (unpaired) electrons. The summed E-state index contributed by atoms with van der Waals surface area (Å²) in [5, 5.41) is 2.83. The first kappa shape index (κ1) is 19.8. The van der Waals surface area contributed by atoms with Gasteiger partial charge in [0.15, 0.2) is 0 Å². The summed E-state index contributed by atoms with van der Waals surface area (Å²) in [5.74, 6) is -0.474. The molecule has 0 atom stereocenters. The van der Waals surface area contributed by atoms with Crippen molar-refractivity contribution < 1.29 is 13.6 Å². The van der Waals surface area contributed by atoms with Crippen LogP contribution in [-0.4, -0.2) is 15.9 Å². The van der Waals surface area contributed by atoms with Crippen LogP contribution in [0.25, 0.3) is 22.6 Å². The maximum atomic E-state index is 13.1. The van der Waals surface area contributed by atoms with Crippen LogP contribution in [0.3, 0.4) is 0 Å². The molecular formula is C23H16ClF2N3O. The zero-order valence-corrected chi connectivity index (χ0v) is 16.4. The minimum absolute atomic E-state index is 0.0672. The van der Waals surface area contributed by atoms with E-state index >= 15 is 0 Å². The Balaban J connectivity index is 1.42. The SMILES string of the molecule is O=C(NCc1ccc(-c2ncc(-c3ccc(F)cc3)[nH]2)cc1)c1ccc(F)cc1Cl. The highest BCUT2D eigenvalue weighted by Crippen LogP contribution is 2.23. The Morgan fingerprint density at radius 1 is 0.933 bits per heavy atom. The zero-order valence-electron chi connectivity index (χ0n) is 15.6. The van der Waals surface area contributed by atoms with Gasteiger partial charge in [0.1, 0.15) is 17.5 Å². The van der Waals surface area contributed by atoms with Crippen LogP contribution in [0.5, 0.6) is 0 Å². The molecule has 1 heterocycles. The fourth-order valence-electron chi connectivity index (χ4n) is 2.98. The molecule has 0 aliphatic heterocycles. The third-order valence-corrected chi connectivity index (χ3v) is 4.90. The third-order valence-electron chi connectivity index (χ3n) is 4.59. The summed E-state index contributed by atoms with van der Waals surface area (Å²) in [4.78, 5) is 19.8. The molecule has 0 spiro atoms. The lowest BCUT2D eigenvalue weighted by atomic mass is 10.1. The summed E-state index contributed by atoms with van der Waals surface area (Å²) in [5.41, 5.74) is 3.61. The van der Waals surface area contributed by atoms with Crippen molar-refractivity contribution in [2.75, 3.05) is 0 Å². The number of imidazole rings is 1. The second kappa shape index (κ2) is 8.47. The Kier molecular flexibility index (Phi) is 5.59. The van der Waals surface area contributed by atoms with Crippen molar-refractivity contribution >= 4 is 17.5 Å². The number of nitrogens with zero attached hydrogens (tertiary/aromatic N) is 1. The highest BCUT2D eigenvalue weighted by atomic mass is 35.5. The van der Waals surface area contributed by atoms with Crippen LogP contribution in [0.1, 0.15) is 15.9 Å². The van der Waals surface area contributed by atoms with Crippen molar-refractivity contribution in [1.29, 1.82) is 0 Å². The average Bonchev–Trinajstić information content (AvgIpc) is 3.23. The number of aromatic nitrogens is 2. The molecule has 4 aromatic rings. The summed E-state index contributed by atoms with van der Waals surface area (Å²) in [6.45, 7) is 0.297. The van der Waals surface area contributed by atoms with Gasteiger partial charge in [0.05, 0.1) is 22.5 Å². The summed E-state index contributed by atoms with van der Waals surface area (Å²) >= 11 is 5.92. The van der Waals surface area contributed by atoms with Gasteiger partial charge in [-0.1, -0.05) is 35.9 Å². The van der Waals surface area contributed by atoms with Gasteiger partial charge >= 0.3 is 0 Å². The molecule has 0 fully saturated rings. The Morgan fingerprint density at radius 2 is 1.60 bits per heavy atom. The maximum Gasteiger partial charge on any atom is 0.253 e. The van der Waals surface area contributed by atoms with Gasteiger partial charge in [-0.25, -0.2) is 13.8 Å². The van der Waals surface area contributed by atoms with Gasteiger partial charge in [0.25, 0.3) is 5.91 Å². The number of aromatic amines is 1. The van der Waals surface area contributed by atoms with Gasteiger partial charge in [-0.15, -0.1) is 0 Å². The first-order valence-corrected chi connectivity index (χ1v) is 9.51. The Labute approximate surface area is 176 Å². The molecule has 1 amide bonds. The van der Waals surface area contributed by atoms with Gasteiger partial charge in [-0.05, 0) is 53.6 Å². The molecule has 4 nitrogen and oxygen atoms in total. The molecule has 1 aromatic heterocycles. The standard InChI is InChI=1S/C23H16ClF2N3O/c24-20-11-18(26)9-10-19(20)23(30)28-12-14-1-3-16(4-2-14)22-27-13-21(29-22)15-5-7-17(25)8-6-15/h1-11,13H,12H2,(H,27,29)(H,28,30). The first-order chi connectivity index (χ1) is 14.5. The molecule has 0 bridgehead atoms. The number of hydrogen-bond acceptors (Lipinski definition) is 2. The summed E-state index contributed by atoms with van der Waals surface area (Å²) in [6.07, 6.45) is 1.70. The third kappa shape index (κ3) is 4.39. The van der Waals surface area contributed by atoms with Crippen LogP contribution in [0.2, 0.25) is 5.02 Å². The van der Waals surface area contributed by atoms with E-state index in [9.17, 15) is 13.6 Å². The number of hydrogen-bond donors (Lipinski definition) is 2. The molecule has 7 heteroatoms. The highest BCUT2D eigenvalue weighted by molar-refractivity contribution is 6.33. The fourth-order valence-corrected chi connectivity index (χ4v) is 3.23. The number of carbonyl (C=O) groups is 1. The predicted molar refractivity (Wildman–Crippen MR) is 112 cm³/mol. The molecule has 0 unspecified atom stereocenters. The van der Waals surface area contributed by atoms with E-state index in [0.29, 0.717) is 12.4 Å². The minimum Gasteiger partial charge on any atom is -0.348 e. The topological polar surface area (TPSA) is 57.8 Å². The van der Waals surface area contributed by atoms with Crippen molar-refractivity contribution in [3.8, 4) is 22.6 Å². The van der Waals surface area contributed by atoms with Crippen LogP contribution in [0, 0.1) is 11.6 Å². The smallest absolute Gasteiger partial charge is 0.253 e. The van der Waals surface area contributed by atoms with Crippen molar-refractivity contribution in [1.82, 2.24) is 15.3 Å². The summed E-state index contributed by atoms with van der Waals surface area (Å²) in [7, 11) is 0. The lowest BCUT2D eigenvalue weighted by Gasteiger charge is -2.07. The van der Waals surface area contributed by atoms with E-state index in [4.69, 9.17) is 11.6 Å². The lowest BCUT2D eigenvalue weighted by Crippen LogP contribution is -2.23. The number of halogens is 3. The Morgan fingerprint density at radius 3 is 2.30 bits per heavy atom. The van der Waals surface area contributed by atoms with Crippen LogP contribution < -0.4 is 5.32 Å². The molecular weight excluding hydrogens is 408 g/mol. The average molecular weight is 424 g/mol. The molecule has 0 saturated carbocycles. The van der Waals surface area contributed by atoms with Gasteiger partial charge in [-0.2, -0.15) is 0 Å². The quantitative estimate of drug-likeness (QED) is 0.438. The van der Waals surface area contributed by atoms with Crippen LogP contribution in [0.4, 0.5) is 8.78 Å². The van der Waals surface area contributed by atoms with Crippen molar-refractivity contribution in [3.05, 3.63) is 101 Å². The van der Waals surface area contributed by atoms with E-state index in [1.807, 2.05) is 24.3 Å². The van der Waals surface area contributed by atoms with Crippen LogP contribution >= 0.6 is 11.6 Å². The van der Waals surface area contributed by atoms with E-state index in [1.165, 1.54) is 24.3 Å². The molecule has 150 valence electrons. The van der Waals surface area contributed by atoms with E-state index in [-0.39, 0.29) is 22.3 Å². The normalized spacial score (nSPS) is 10.8. The molecule has 0 saturated heterocycles. The monoisotopic (exact) mass is 423 g/mol. The van der Waals surface area contributed by atoms with Gasteiger partial charge < -0.3 is 10.3 Å². The summed E-state index contributed by atoms with van der Waals surface area (Å²) in [6, 6.07) is 17.4. The van der Waals surface area contributed by atoms with Crippen LogP contribution in [-0.2, 0) is 6.54 Å². The lowest BCUT2D eigenvalue weighted by molar-refractivity contribution is 0.0951. The molecule has 3 aromatic carbocycles. The number of rotatable bonds is 5. The largest absolute Gasteiger partial charge is 0.348 e. The van der Waals surface area contributed by atoms with E-state index in [1.54, 1.807) is 18.3 Å². The first-order valence-electron chi connectivity index (χ1n) is 9.13. The number of carbonyl (C=O) groups excluding carboxylic acids is 1. The highest BCUT2D eigenvalue weighted by Gasteiger charge is 2.11. The van der Waals surface area contributed by atoms with Crippen molar-refractivity contribution in [2.24, 2.45) is 0 Å². The Hall–Kier alpha value is -3.51. The van der Waals surface area contributed by atoms with Crippen molar-refractivity contribution in [3.63, 3.8) is 0 Å². The van der Waals surface area contributed by atoms with Gasteiger partial charge in [0.2, 0.25) is 0 Å². The fraction of sp³-hybridized carbons (Fsp3) is 0.0435. The second-order valence-corrected chi connectivity index (χ2v) is 7.06. The van der Waals surface area contributed by atoms with E-state index in [2.05, 4.69) is 15.3 Å². The van der Waals surface area contributed by atoms with Crippen LogP contribution in [0.15, 0.2) is 72.9 Å². The number of benzene rings is 3. The molecule has 4 rings (SSSR count). The number of nitrogens with one attached hydrogen (secondary N) is 2. The maximum absolute atomic E-state index is 13.1. The molecule has 30 heavy (non-hydrogen) atoms. The number of H-pyrrole nitrogens is 1. The van der Waals surface area contributed by atoms with E-state index < -0.39 is 5.82 Å². The molecule has 0 aliphatic carbocycles. The molecule has 0 aliphatic rings. The summed E-state index contributed by atoms with van der Waals surface area (Å²) < 4.78 is 26.2. The predicted octanol–water partition coefficient (Wildman–Crippen LogP) is 5.61. The number of amides is 1. The second-order valence-electron chi connectivity index (χ2n) is 6.66. The van der Waals surface area contributed by atoms with E-state index in [0.717, 1.165) is 28.5 Å². The zero-order chi connectivity index (χ0) is 21.1. The van der Waals surface area contributed by atoms with Crippen molar-refractivity contribution in [2.45, 2.75) is 6.54 Å². The van der Waals surface area contributed by atoms with Gasteiger partial charge in [0, 0.05) is 12.1 Å².